The average molecular weight is 336 g/mol. The highest BCUT2D eigenvalue weighted by atomic mass is 16.5. The van der Waals surface area contributed by atoms with Crippen molar-refractivity contribution in [1.29, 1.82) is 0 Å². The smallest absolute Gasteiger partial charge is 0.347 e. The van der Waals surface area contributed by atoms with Crippen LogP contribution in [0.25, 0.3) is 11.0 Å². The van der Waals surface area contributed by atoms with Gasteiger partial charge in [0.05, 0.1) is 7.11 Å². The number of ketones is 1. The number of fused-ring (bicyclic) bond motifs is 1. The minimum atomic E-state index is -0.638. The topological polar surface area (TPSA) is 56.5 Å². The summed E-state index contributed by atoms with van der Waals surface area (Å²) in [5.74, 6) is 0.269. The van der Waals surface area contributed by atoms with Crippen LogP contribution in [-0.4, -0.2) is 12.9 Å². The molecule has 1 heterocycles. The molecule has 0 aliphatic heterocycles. The minimum absolute atomic E-state index is 0.0407. The Kier molecular flexibility index (Phi) is 4.98. The zero-order valence-electron chi connectivity index (χ0n) is 14.4. The third-order valence-corrected chi connectivity index (χ3v) is 4.22. The number of ether oxygens (including phenoxy) is 1. The lowest BCUT2D eigenvalue weighted by Gasteiger charge is -2.05. The SMILES string of the molecule is CCCCc1ccc(C(=O)c2cc3ccc(OC)cc3oc2=O)cc1. The average Bonchev–Trinajstić information content (AvgIpc) is 2.65. The van der Waals surface area contributed by atoms with E-state index in [1.807, 2.05) is 12.1 Å². The van der Waals surface area contributed by atoms with Crippen molar-refractivity contribution in [3.63, 3.8) is 0 Å². The molecule has 3 rings (SSSR count). The van der Waals surface area contributed by atoms with Gasteiger partial charge >= 0.3 is 5.63 Å². The molecule has 0 saturated heterocycles. The van der Waals surface area contributed by atoms with Crippen molar-refractivity contribution in [1.82, 2.24) is 0 Å². The highest BCUT2D eigenvalue weighted by Gasteiger charge is 2.16. The fourth-order valence-electron chi connectivity index (χ4n) is 2.74. The number of aryl methyl sites for hydroxylation is 1. The Balaban J connectivity index is 1.93. The molecule has 0 spiro atoms. The van der Waals surface area contributed by atoms with Crippen molar-refractivity contribution in [2.75, 3.05) is 7.11 Å². The van der Waals surface area contributed by atoms with Gasteiger partial charge in [-0.3, -0.25) is 4.79 Å². The second-order valence-corrected chi connectivity index (χ2v) is 5.98. The van der Waals surface area contributed by atoms with E-state index in [0.717, 1.165) is 19.3 Å². The molecule has 0 unspecified atom stereocenters. The third-order valence-electron chi connectivity index (χ3n) is 4.22. The summed E-state index contributed by atoms with van der Waals surface area (Å²) < 4.78 is 10.4. The number of carbonyl (C=O) groups excluding carboxylic acids is 1. The highest BCUT2D eigenvalue weighted by molar-refractivity contribution is 6.09. The molecule has 0 aliphatic rings. The summed E-state index contributed by atoms with van der Waals surface area (Å²) in [6.45, 7) is 2.15. The van der Waals surface area contributed by atoms with Gasteiger partial charge in [-0.05, 0) is 36.6 Å². The van der Waals surface area contributed by atoms with Crippen LogP contribution in [0.4, 0.5) is 0 Å². The molecule has 0 saturated carbocycles. The van der Waals surface area contributed by atoms with Gasteiger partial charge in [0.1, 0.15) is 16.9 Å². The van der Waals surface area contributed by atoms with E-state index >= 15 is 0 Å². The van der Waals surface area contributed by atoms with Gasteiger partial charge in [0.25, 0.3) is 0 Å². The molecule has 25 heavy (non-hydrogen) atoms. The highest BCUT2D eigenvalue weighted by Crippen LogP contribution is 2.21. The molecule has 0 bridgehead atoms. The second kappa shape index (κ2) is 7.34. The van der Waals surface area contributed by atoms with Crippen molar-refractivity contribution in [2.45, 2.75) is 26.2 Å². The number of carbonyl (C=O) groups is 1. The Hall–Kier alpha value is -2.88. The van der Waals surface area contributed by atoms with E-state index in [4.69, 9.17) is 9.15 Å². The molecule has 128 valence electrons. The number of hydrogen-bond acceptors (Lipinski definition) is 4. The lowest BCUT2D eigenvalue weighted by Crippen LogP contribution is -2.14. The van der Waals surface area contributed by atoms with Crippen molar-refractivity contribution < 1.29 is 13.9 Å². The molecule has 0 atom stereocenters. The van der Waals surface area contributed by atoms with Crippen LogP contribution in [0.5, 0.6) is 5.75 Å². The molecule has 0 N–H and O–H groups in total. The summed E-state index contributed by atoms with van der Waals surface area (Å²) in [6.07, 6.45) is 3.24. The summed E-state index contributed by atoms with van der Waals surface area (Å²) in [4.78, 5) is 24.9. The number of hydrogen-bond donors (Lipinski definition) is 0. The van der Waals surface area contributed by atoms with Gasteiger partial charge in [0.15, 0.2) is 5.78 Å². The summed E-state index contributed by atoms with van der Waals surface area (Å²) in [6, 6.07) is 14.2. The monoisotopic (exact) mass is 336 g/mol. The van der Waals surface area contributed by atoms with Crippen molar-refractivity contribution in [3.8, 4) is 5.75 Å². The predicted molar refractivity (Wildman–Crippen MR) is 97.5 cm³/mol. The molecule has 2 aromatic carbocycles. The molecule has 0 radical (unpaired) electrons. The maximum atomic E-state index is 12.7. The van der Waals surface area contributed by atoms with Crippen molar-refractivity contribution in [3.05, 3.63) is 75.6 Å². The van der Waals surface area contributed by atoms with E-state index in [1.54, 1.807) is 43.5 Å². The normalized spacial score (nSPS) is 10.8. The van der Waals surface area contributed by atoms with Gasteiger partial charge in [-0.1, -0.05) is 37.6 Å². The van der Waals surface area contributed by atoms with E-state index in [1.165, 1.54) is 5.56 Å². The fraction of sp³-hybridized carbons (Fsp3) is 0.238. The van der Waals surface area contributed by atoms with Crippen LogP contribution in [0.15, 0.2) is 57.7 Å². The third kappa shape index (κ3) is 3.63. The molecular formula is C21H20O4. The number of benzene rings is 2. The standard InChI is InChI=1S/C21H20O4/c1-3-4-5-14-6-8-15(9-7-14)20(22)18-12-16-10-11-17(24-2)13-19(16)25-21(18)23/h6-13H,3-5H2,1-2H3. The maximum Gasteiger partial charge on any atom is 0.347 e. The van der Waals surface area contributed by atoms with Crippen LogP contribution in [0, 0.1) is 0 Å². The van der Waals surface area contributed by atoms with Crippen molar-refractivity contribution in [2.24, 2.45) is 0 Å². The molecule has 3 aromatic rings. The van der Waals surface area contributed by atoms with Crippen LogP contribution in [0.3, 0.4) is 0 Å². The zero-order chi connectivity index (χ0) is 17.8. The quantitative estimate of drug-likeness (QED) is 0.495. The van der Waals surface area contributed by atoms with Crippen molar-refractivity contribution >= 4 is 16.8 Å². The maximum absolute atomic E-state index is 12.7. The Morgan fingerprint density at radius 3 is 2.52 bits per heavy atom. The van der Waals surface area contributed by atoms with Crippen LogP contribution in [-0.2, 0) is 6.42 Å². The van der Waals surface area contributed by atoms with Gasteiger partial charge in [-0.15, -0.1) is 0 Å². The van der Waals surface area contributed by atoms with Gasteiger partial charge in [0.2, 0.25) is 0 Å². The summed E-state index contributed by atoms with van der Waals surface area (Å²) >= 11 is 0. The molecule has 0 aliphatic carbocycles. The zero-order valence-corrected chi connectivity index (χ0v) is 14.4. The molecule has 1 aromatic heterocycles. The Morgan fingerprint density at radius 1 is 1.08 bits per heavy atom. The van der Waals surface area contributed by atoms with E-state index in [-0.39, 0.29) is 11.3 Å². The second-order valence-electron chi connectivity index (χ2n) is 5.98. The first-order valence-corrected chi connectivity index (χ1v) is 8.38. The first-order valence-electron chi connectivity index (χ1n) is 8.38. The Bertz CT molecular complexity index is 952. The molecule has 0 fully saturated rings. The van der Waals surface area contributed by atoms with E-state index in [2.05, 4.69) is 6.92 Å². The summed E-state index contributed by atoms with van der Waals surface area (Å²) in [5, 5.41) is 0.684. The lowest BCUT2D eigenvalue weighted by molar-refractivity contribution is 0.103. The number of unbranched alkanes of at least 4 members (excludes halogenated alkanes) is 1. The van der Waals surface area contributed by atoms with E-state index in [9.17, 15) is 9.59 Å². The largest absolute Gasteiger partial charge is 0.497 e. The van der Waals surface area contributed by atoms with Gasteiger partial charge in [-0.2, -0.15) is 0 Å². The van der Waals surface area contributed by atoms with Gasteiger partial charge in [-0.25, -0.2) is 4.79 Å². The van der Waals surface area contributed by atoms with Crippen LogP contribution in [0.1, 0.15) is 41.3 Å². The first-order chi connectivity index (χ1) is 12.1. The van der Waals surface area contributed by atoms with Gasteiger partial charge in [0, 0.05) is 17.0 Å². The number of rotatable bonds is 6. The fourth-order valence-corrected chi connectivity index (χ4v) is 2.74. The van der Waals surface area contributed by atoms with Gasteiger partial charge < -0.3 is 9.15 Å². The predicted octanol–water partition coefficient (Wildman–Crippen LogP) is 4.38. The van der Waals surface area contributed by atoms with Crippen LogP contribution < -0.4 is 10.4 Å². The summed E-state index contributed by atoms with van der Waals surface area (Å²) in [7, 11) is 1.54. The van der Waals surface area contributed by atoms with Crippen LogP contribution >= 0.6 is 0 Å². The summed E-state index contributed by atoms with van der Waals surface area (Å²) in [5.41, 5.74) is 1.48. The minimum Gasteiger partial charge on any atom is -0.497 e. The molecule has 4 nitrogen and oxygen atoms in total. The van der Waals surface area contributed by atoms with Crippen LogP contribution in [0.2, 0.25) is 0 Å². The molecule has 0 amide bonds. The van der Waals surface area contributed by atoms with E-state index < -0.39 is 5.63 Å². The number of methoxy groups -OCH3 is 1. The Labute approximate surface area is 146 Å². The first kappa shape index (κ1) is 17.0. The molecule has 4 heteroatoms. The Morgan fingerprint density at radius 2 is 1.84 bits per heavy atom. The van der Waals surface area contributed by atoms with E-state index in [0.29, 0.717) is 22.3 Å². The molecular weight excluding hydrogens is 316 g/mol. The lowest BCUT2D eigenvalue weighted by atomic mass is 10.0.